The first-order chi connectivity index (χ1) is 12.2. The van der Waals surface area contributed by atoms with E-state index in [2.05, 4.69) is 6.07 Å². The summed E-state index contributed by atoms with van der Waals surface area (Å²) in [7, 11) is 0. The van der Waals surface area contributed by atoms with Crippen LogP contribution in [0.1, 0.15) is 10.4 Å². The van der Waals surface area contributed by atoms with E-state index in [1.54, 1.807) is 6.07 Å². The fourth-order valence-electron chi connectivity index (χ4n) is 3.23. The summed E-state index contributed by atoms with van der Waals surface area (Å²) in [6, 6.07) is 29.6. The highest BCUT2D eigenvalue weighted by Gasteiger charge is 2.14. The van der Waals surface area contributed by atoms with Gasteiger partial charge < -0.3 is 5.11 Å². The molecule has 1 N–H and O–H groups in total. The standard InChI is InChI=1S/C23H16O2/c24-23(25)22-15-18(16-8-3-1-4-9-16)14-21-19(12-7-13-20(21)22)17-10-5-2-6-11-17/h1-15H,(H,24,25). The maximum atomic E-state index is 11.8. The van der Waals surface area contributed by atoms with Gasteiger partial charge >= 0.3 is 5.97 Å². The van der Waals surface area contributed by atoms with Crippen LogP contribution in [0.2, 0.25) is 0 Å². The minimum absolute atomic E-state index is 0.328. The lowest BCUT2D eigenvalue weighted by Crippen LogP contribution is -1.99. The predicted octanol–water partition coefficient (Wildman–Crippen LogP) is 5.87. The highest BCUT2D eigenvalue weighted by Crippen LogP contribution is 2.34. The molecule has 4 aromatic carbocycles. The topological polar surface area (TPSA) is 37.3 Å². The molecule has 0 fully saturated rings. The van der Waals surface area contributed by atoms with Gasteiger partial charge in [-0.3, -0.25) is 0 Å². The number of rotatable bonds is 3. The molecule has 0 aliphatic heterocycles. The minimum atomic E-state index is -0.909. The maximum Gasteiger partial charge on any atom is 0.336 e. The van der Waals surface area contributed by atoms with Gasteiger partial charge in [-0.15, -0.1) is 0 Å². The first-order valence-corrected chi connectivity index (χ1v) is 8.15. The number of carbonyl (C=O) groups is 1. The van der Waals surface area contributed by atoms with Crippen molar-refractivity contribution in [1.82, 2.24) is 0 Å². The Morgan fingerprint density at radius 3 is 1.88 bits per heavy atom. The van der Waals surface area contributed by atoms with Crippen LogP contribution in [-0.4, -0.2) is 11.1 Å². The molecular formula is C23H16O2. The van der Waals surface area contributed by atoms with Crippen LogP contribution in [0.5, 0.6) is 0 Å². The fourth-order valence-corrected chi connectivity index (χ4v) is 3.23. The number of benzene rings is 4. The first kappa shape index (κ1) is 15.2. The lowest BCUT2D eigenvalue weighted by molar-refractivity contribution is 0.0699. The second-order valence-electron chi connectivity index (χ2n) is 5.96. The molecule has 0 bridgehead atoms. The molecule has 4 rings (SSSR count). The Labute approximate surface area is 146 Å². The molecule has 120 valence electrons. The third-order valence-corrected chi connectivity index (χ3v) is 4.42. The molecule has 0 amide bonds. The van der Waals surface area contributed by atoms with Crippen molar-refractivity contribution in [2.75, 3.05) is 0 Å². The normalized spacial score (nSPS) is 10.7. The van der Waals surface area contributed by atoms with Crippen LogP contribution in [0, 0.1) is 0 Å². The Bertz CT molecular complexity index is 1050. The van der Waals surface area contributed by atoms with Crippen molar-refractivity contribution in [3.8, 4) is 22.3 Å². The van der Waals surface area contributed by atoms with Gasteiger partial charge in [0, 0.05) is 0 Å². The van der Waals surface area contributed by atoms with Gasteiger partial charge in [0.1, 0.15) is 0 Å². The van der Waals surface area contributed by atoms with Crippen molar-refractivity contribution < 1.29 is 9.90 Å². The zero-order chi connectivity index (χ0) is 17.2. The molecule has 0 saturated carbocycles. The molecule has 0 aromatic heterocycles. The summed E-state index contributed by atoms with van der Waals surface area (Å²) in [4.78, 5) is 11.8. The van der Waals surface area contributed by atoms with Gasteiger partial charge in [0.25, 0.3) is 0 Å². The Hall–Kier alpha value is -3.39. The van der Waals surface area contributed by atoms with Gasteiger partial charge in [-0.05, 0) is 45.2 Å². The molecule has 0 saturated heterocycles. The molecule has 2 heteroatoms. The van der Waals surface area contributed by atoms with Crippen molar-refractivity contribution in [3.63, 3.8) is 0 Å². The molecule has 25 heavy (non-hydrogen) atoms. The summed E-state index contributed by atoms with van der Waals surface area (Å²) in [5.41, 5.74) is 4.37. The summed E-state index contributed by atoms with van der Waals surface area (Å²) in [6.45, 7) is 0. The monoisotopic (exact) mass is 324 g/mol. The molecule has 0 spiro atoms. The van der Waals surface area contributed by atoms with E-state index < -0.39 is 5.97 Å². The number of hydrogen-bond donors (Lipinski definition) is 1. The van der Waals surface area contributed by atoms with Gasteiger partial charge in [0.2, 0.25) is 0 Å². The van der Waals surface area contributed by atoms with Gasteiger partial charge in [0.05, 0.1) is 5.56 Å². The molecule has 0 unspecified atom stereocenters. The lowest BCUT2D eigenvalue weighted by Gasteiger charge is -2.12. The molecule has 0 aliphatic rings. The lowest BCUT2D eigenvalue weighted by atomic mass is 9.92. The third-order valence-electron chi connectivity index (χ3n) is 4.42. The van der Waals surface area contributed by atoms with Crippen molar-refractivity contribution in [3.05, 3.63) is 96.6 Å². The van der Waals surface area contributed by atoms with Crippen molar-refractivity contribution >= 4 is 16.7 Å². The van der Waals surface area contributed by atoms with Crippen LogP contribution < -0.4 is 0 Å². The molecular weight excluding hydrogens is 308 g/mol. The number of fused-ring (bicyclic) bond motifs is 1. The zero-order valence-electron chi connectivity index (χ0n) is 13.5. The average molecular weight is 324 g/mol. The molecule has 0 heterocycles. The summed E-state index contributed by atoms with van der Waals surface area (Å²) in [5, 5.41) is 11.4. The Kier molecular flexibility index (Phi) is 3.79. The van der Waals surface area contributed by atoms with E-state index in [0.29, 0.717) is 5.56 Å². The summed E-state index contributed by atoms with van der Waals surface area (Å²) >= 11 is 0. The van der Waals surface area contributed by atoms with Crippen LogP contribution >= 0.6 is 0 Å². The van der Waals surface area contributed by atoms with Gasteiger partial charge in [-0.25, -0.2) is 4.79 Å². The minimum Gasteiger partial charge on any atom is -0.478 e. The Balaban J connectivity index is 2.06. The molecule has 0 aliphatic carbocycles. The molecule has 0 radical (unpaired) electrons. The van der Waals surface area contributed by atoms with E-state index in [9.17, 15) is 9.90 Å². The van der Waals surface area contributed by atoms with Crippen LogP contribution in [0.25, 0.3) is 33.0 Å². The van der Waals surface area contributed by atoms with Crippen molar-refractivity contribution in [2.45, 2.75) is 0 Å². The van der Waals surface area contributed by atoms with E-state index in [1.807, 2.05) is 78.9 Å². The predicted molar refractivity (Wildman–Crippen MR) is 102 cm³/mol. The van der Waals surface area contributed by atoms with Gasteiger partial charge in [0.15, 0.2) is 0 Å². The smallest absolute Gasteiger partial charge is 0.336 e. The Morgan fingerprint density at radius 1 is 0.600 bits per heavy atom. The summed E-state index contributed by atoms with van der Waals surface area (Å²) in [5.74, 6) is -0.909. The van der Waals surface area contributed by atoms with Gasteiger partial charge in [-0.1, -0.05) is 78.9 Å². The highest BCUT2D eigenvalue weighted by atomic mass is 16.4. The second-order valence-corrected chi connectivity index (χ2v) is 5.96. The second kappa shape index (κ2) is 6.25. The number of hydrogen-bond acceptors (Lipinski definition) is 1. The van der Waals surface area contributed by atoms with Crippen LogP contribution in [-0.2, 0) is 0 Å². The maximum absolute atomic E-state index is 11.8. The quantitative estimate of drug-likeness (QED) is 0.511. The van der Waals surface area contributed by atoms with E-state index in [4.69, 9.17) is 0 Å². The SMILES string of the molecule is O=C(O)c1cc(-c2ccccc2)cc2c(-c3ccccc3)cccc12. The molecule has 2 nitrogen and oxygen atoms in total. The number of aromatic carboxylic acids is 1. The van der Waals surface area contributed by atoms with Crippen LogP contribution in [0.4, 0.5) is 0 Å². The van der Waals surface area contributed by atoms with Crippen LogP contribution in [0.3, 0.4) is 0 Å². The van der Waals surface area contributed by atoms with E-state index >= 15 is 0 Å². The molecule has 4 aromatic rings. The van der Waals surface area contributed by atoms with Gasteiger partial charge in [-0.2, -0.15) is 0 Å². The highest BCUT2D eigenvalue weighted by molar-refractivity contribution is 6.10. The van der Waals surface area contributed by atoms with E-state index in [1.165, 1.54) is 0 Å². The van der Waals surface area contributed by atoms with Crippen molar-refractivity contribution in [1.29, 1.82) is 0 Å². The van der Waals surface area contributed by atoms with Crippen LogP contribution in [0.15, 0.2) is 91.0 Å². The fraction of sp³-hybridized carbons (Fsp3) is 0. The van der Waals surface area contributed by atoms with E-state index in [0.717, 1.165) is 33.0 Å². The Morgan fingerprint density at radius 2 is 1.24 bits per heavy atom. The first-order valence-electron chi connectivity index (χ1n) is 8.15. The largest absolute Gasteiger partial charge is 0.478 e. The summed E-state index contributed by atoms with van der Waals surface area (Å²) < 4.78 is 0. The third kappa shape index (κ3) is 2.79. The van der Waals surface area contributed by atoms with E-state index in [-0.39, 0.29) is 0 Å². The summed E-state index contributed by atoms with van der Waals surface area (Å²) in [6.07, 6.45) is 0. The molecule has 0 atom stereocenters. The average Bonchev–Trinajstić information content (AvgIpc) is 2.68. The zero-order valence-corrected chi connectivity index (χ0v) is 13.5. The van der Waals surface area contributed by atoms with Crippen molar-refractivity contribution in [2.24, 2.45) is 0 Å². The number of carboxylic acids is 1. The number of carboxylic acid groups (broad SMARTS) is 1.